The van der Waals surface area contributed by atoms with Gasteiger partial charge in [0.05, 0.1) is 13.2 Å². The van der Waals surface area contributed by atoms with E-state index in [4.69, 9.17) is 9.47 Å². The Balaban J connectivity index is 3.02. The maximum absolute atomic E-state index is 10.7. The fraction of sp³-hybridized carbons (Fsp3) is 0.400. The number of ether oxygens (including phenoxy) is 2. The predicted octanol–water partition coefficient (Wildman–Crippen LogP) is 1.72. The topological polar surface area (TPSA) is 58.6 Å². The summed E-state index contributed by atoms with van der Waals surface area (Å²) in [6.45, 7) is 4.67. The highest BCUT2D eigenvalue weighted by molar-refractivity contribution is 7.79. The summed E-state index contributed by atoms with van der Waals surface area (Å²) in [5.41, 5.74) is 0. The summed E-state index contributed by atoms with van der Waals surface area (Å²) in [6, 6.07) is 4.54. The molecule has 0 radical (unpaired) electrons. The smallest absolute Gasteiger partial charge is 0.162 e. The molecule has 84 valence electrons. The first-order chi connectivity index (χ1) is 7.19. The first-order valence-corrected chi connectivity index (χ1v) is 5.75. The van der Waals surface area contributed by atoms with Crippen molar-refractivity contribution in [3.8, 4) is 11.5 Å². The van der Waals surface area contributed by atoms with Crippen LogP contribution in [0.2, 0.25) is 0 Å². The van der Waals surface area contributed by atoms with E-state index in [9.17, 15) is 8.76 Å². The van der Waals surface area contributed by atoms with E-state index in [1.807, 2.05) is 13.8 Å². The van der Waals surface area contributed by atoms with Gasteiger partial charge in [0.15, 0.2) is 11.5 Å². The van der Waals surface area contributed by atoms with Crippen molar-refractivity contribution in [1.82, 2.24) is 0 Å². The van der Waals surface area contributed by atoms with Gasteiger partial charge in [-0.3, -0.25) is 4.21 Å². The van der Waals surface area contributed by atoms with E-state index in [1.165, 1.54) is 12.1 Å². The van der Waals surface area contributed by atoms with Gasteiger partial charge in [-0.2, -0.15) is 0 Å². The van der Waals surface area contributed by atoms with Crippen LogP contribution >= 0.6 is 0 Å². The number of hydrogen-bond acceptors (Lipinski definition) is 4. The van der Waals surface area contributed by atoms with Crippen molar-refractivity contribution in [3.63, 3.8) is 0 Å². The number of hydrogen-bond donors (Lipinski definition) is 0. The summed E-state index contributed by atoms with van der Waals surface area (Å²) in [6.07, 6.45) is 0. The molecule has 0 saturated carbocycles. The Hall–Kier alpha value is -1.07. The van der Waals surface area contributed by atoms with Gasteiger partial charge < -0.3 is 14.0 Å². The van der Waals surface area contributed by atoms with E-state index in [1.54, 1.807) is 6.07 Å². The maximum Gasteiger partial charge on any atom is 0.162 e. The second kappa shape index (κ2) is 5.72. The average Bonchev–Trinajstić information content (AvgIpc) is 2.21. The summed E-state index contributed by atoms with van der Waals surface area (Å²) < 4.78 is 32.0. The summed E-state index contributed by atoms with van der Waals surface area (Å²) in [5, 5.41) is 0. The zero-order valence-corrected chi connectivity index (χ0v) is 9.50. The minimum atomic E-state index is -2.24. The highest BCUT2D eigenvalue weighted by Crippen LogP contribution is 2.29. The summed E-state index contributed by atoms with van der Waals surface area (Å²) in [5.74, 6) is 1.02. The monoisotopic (exact) mass is 229 g/mol. The molecule has 1 unspecified atom stereocenters. The van der Waals surface area contributed by atoms with Crippen molar-refractivity contribution in [3.05, 3.63) is 18.2 Å². The van der Waals surface area contributed by atoms with Crippen LogP contribution in [-0.2, 0) is 11.1 Å². The van der Waals surface area contributed by atoms with Crippen LogP contribution in [0.15, 0.2) is 23.1 Å². The van der Waals surface area contributed by atoms with Crippen molar-refractivity contribution in [2.45, 2.75) is 18.7 Å². The molecule has 0 amide bonds. The fourth-order valence-electron chi connectivity index (χ4n) is 1.14. The summed E-state index contributed by atoms with van der Waals surface area (Å²) >= 11 is -2.24. The first kappa shape index (κ1) is 12.0. The Kier molecular flexibility index (Phi) is 4.58. The van der Waals surface area contributed by atoms with E-state index in [-0.39, 0.29) is 4.90 Å². The van der Waals surface area contributed by atoms with Crippen molar-refractivity contribution in [1.29, 1.82) is 0 Å². The van der Waals surface area contributed by atoms with Crippen LogP contribution in [0, 0.1) is 0 Å². The summed E-state index contributed by atoms with van der Waals surface area (Å²) in [4.78, 5) is 0.196. The number of benzene rings is 1. The van der Waals surface area contributed by atoms with Crippen molar-refractivity contribution in [2.75, 3.05) is 13.2 Å². The second-order valence-corrected chi connectivity index (χ2v) is 3.65. The lowest BCUT2D eigenvalue weighted by Gasteiger charge is -2.13. The Morgan fingerprint density at radius 3 is 2.33 bits per heavy atom. The predicted molar refractivity (Wildman–Crippen MR) is 56.0 cm³/mol. The molecular weight excluding hydrogens is 216 g/mol. The molecule has 0 saturated heterocycles. The molecule has 1 aromatic rings. The lowest BCUT2D eigenvalue weighted by atomic mass is 10.3. The summed E-state index contributed by atoms with van der Waals surface area (Å²) in [7, 11) is 0. The Bertz CT molecular complexity index is 351. The van der Waals surface area contributed by atoms with Gasteiger partial charge in [-0.05, 0) is 43.1 Å². The van der Waals surface area contributed by atoms with Crippen LogP contribution in [0.3, 0.4) is 0 Å². The van der Waals surface area contributed by atoms with E-state index in [0.717, 1.165) is 0 Å². The third kappa shape index (κ3) is 3.21. The third-order valence-electron chi connectivity index (χ3n) is 1.71. The molecule has 1 rings (SSSR count). The third-order valence-corrected chi connectivity index (χ3v) is 2.35. The molecular formula is C10H13O4S-. The Morgan fingerprint density at radius 2 is 1.80 bits per heavy atom. The van der Waals surface area contributed by atoms with Gasteiger partial charge in [-0.25, -0.2) is 0 Å². The zero-order valence-electron chi connectivity index (χ0n) is 8.69. The maximum atomic E-state index is 10.7. The van der Waals surface area contributed by atoms with Crippen LogP contribution in [-0.4, -0.2) is 22.0 Å². The molecule has 5 heteroatoms. The van der Waals surface area contributed by atoms with Gasteiger partial charge in [0.2, 0.25) is 0 Å². The normalized spacial score (nSPS) is 12.2. The Morgan fingerprint density at radius 1 is 1.20 bits per heavy atom. The van der Waals surface area contributed by atoms with E-state index < -0.39 is 11.1 Å². The Labute approximate surface area is 91.5 Å². The van der Waals surface area contributed by atoms with Crippen molar-refractivity contribution >= 4 is 11.1 Å². The molecule has 0 fully saturated rings. The lowest BCUT2D eigenvalue weighted by molar-refractivity contribution is 0.287. The van der Waals surface area contributed by atoms with Gasteiger partial charge in [0.1, 0.15) is 0 Å². The van der Waals surface area contributed by atoms with E-state index in [2.05, 4.69) is 0 Å². The molecule has 0 aliphatic heterocycles. The molecule has 0 aromatic heterocycles. The minimum absolute atomic E-state index is 0.196. The molecule has 0 aliphatic carbocycles. The van der Waals surface area contributed by atoms with Crippen molar-refractivity contribution in [2.24, 2.45) is 0 Å². The molecule has 0 N–H and O–H groups in total. The molecule has 0 spiro atoms. The standard InChI is InChI=1S/C10H14O4S/c1-3-13-9-6-5-8(15(11)12)7-10(9)14-4-2/h5-7H,3-4H2,1-2H3,(H,11,12)/p-1. The van der Waals surface area contributed by atoms with Gasteiger partial charge in [-0.15, -0.1) is 0 Å². The highest BCUT2D eigenvalue weighted by Gasteiger charge is 2.05. The lowest BCUT2D eigenvalue weighted by Crippen LogP contribution is -1.99. The highest BCUT2D eigenvalue weighted by atomic mass is 32.2. The molecule has 0 heterocycles. The van der Waals surface area contributed by atoms with Gasteiger partial charge in [-0.1, -0.05) is 0 Å². The van der Waals surface area contributed by atoms with Crippen LogP contribution in [0.25, 0.3) is 0 Å². The van der Waals surface area contributed by atoms with E-state index in [0.29, 0.717) is 24.7 Å². The second-order valence-electron chi connectivity index (χ2n) is 2.71. The van der Waals surface area contributed by atoms with Crippen LogP contribution in [0.5, 0.6) is 11.5 Å². The average molecular weight is 229 g/mol. The van der Waals surface area contributed by atoms with Gasteiger partial charge >= 0.3 is 0 Å². The van der Waals surface area contributed by atoms with Crippen LogP contribution < -0.4 is 9.47 Å². The largest absolute Gasteiger partial charge is 0.768 e. The molecule has 1 aromatic carbocycles. The quantitative estimate of drug-likeness (QED) is 0.721. The van der Waals surface area contributed by atoms with E-state index >= 15 is 0 Å². The van der Waals surface area contributed by atoms with Crippen LogP contribution in [0.1, 0.15) is 13.8 Å². The minimum Gasteiger partial charge on any atom is -0.768 e. The van der Waals surface area contributed by atoms with Gasteiger partial charge in [0.25, 0.3) is 0 Å². The molecule has 15 heavy (non-hydrogen) atoms. The fourth-order valence-corrected chi connectivity index (χ4v) is 1.52. The molecule has 4 nitrogen and oxygen atoms in total. The van der Waals surface area contributed by atoms with Crippen molar-refractivity contribution < 1.29 is 18.2 Å². The first-order valence-electron chi connectivity index (χ1n) is 4.68. The van der Waals surface area contributed by atoms with Crippen LogP contribution in [0.4, 0.5) is 0 Å². The molecule has 0 aliphatic rings. The molecule has 1 atom stereocenters. The molecule has 0 bridgehead atoms. The van der Waals surface area contributed by atoms with Gasteiger partial charge in [0, 0.05) is 4.90 Å². The SMILES string of the molecule is CCOc1ccc(S(=O)[O-])cc1OCC. The number of rotatable bonds is 5. The zero-order chi connectivity index (χ0) is 11.3.